The molecular formula is C24H25ClN2O2. The van der Waals surface area contributed by atoms with Gasteiger partial charge in [-0.15, -0.1) is 0 Å². The number of carbonyl (C=O) groups excluding carboxylic acids is 2. The summed E-state index contributed by atoms with van der Waals surface area (Å²) in [6.45, 7) is 3.59. The van der Waals surface area contributed by atoms with Gasteiger partial charge < -0.3 is 4.90 Å². The highest BCUT2D eigenvalue weighted by atomic mass is 35.5. The first-order valence-corrected chi connectivity index (χ1v) is 10.6. The van der Waals surface area contributed by atoms with Crippen LogP contribution in [0.15, 0.2) is 54.1 Å². The van der Waals surface area contributed by atoms with Gasteiger partial charge in [-0.3, -0.25) is 14.5 Å². The lowest BCUT2D eigenvalue weighted by atomic mass is 10.0. The predicted molar refractivity (Wildman–Crippen MR) is 116 cm³/mol. The van der Waals surface area contributed by atoms with Crippen LogP contribution in [-0.2, 0) is 0 Å². The zero-order chi connectivity index (χ0) is 20.2. The monoisotopic (exact) mass is 408 g/mol. The van der Waals surface area contributed by atoms with Crippen molar-refractivity contribution < 1.29 is 9.59 Å². The second-order valence-corrected chi connectivity index (χ2v) is 8.09. The third-order valence-electron chi connectivity index (χ3n) is 5.75. The molecule has 0 unspecified atom stereocenters. The molecule has 2 amide bonds. The third kappa shape index (κ3) is 4.44. The summed E-state index contributed by atoms with van der Waals surface area (Å²) < 4.78 is 0. The van der Waals surface area contributed by atoms with E-state index in [4.69, 9.17) is 11.6 Å². The average Bonchev–Trinajstić information content (AvgIpc) is 2.99. The third-order valence-corrected chi connectivity index (χ3v) is 6.09. The minimum Gasteiger partial charge on any atom is -0.303 e. The van der Waals surface area contributed by atoms with Crippen LogP contribution in [0.3, 0.4) is 0 Å². The van der Waals surface area contributed by atoms with Gasteiger partial charge >= 0.3 is 0 Å². The number of fused-ring (bicyclic) bond motifs is 1. The standard InChI is InChI=1S/C24H25ClN2O2/c25-22-10-4-1-7-19(22)17-18-11-15-26(16-12-18)13-5-6-14-27-23(28)20-8-2-3-9-21(20)24(27)29/h1-4,7-10,17H,5-6,11-16H2. The van der Waals surface area contributed by atoms with E-state index in [1.807, 2.05) is 18.2 Å². The first kappa shape index (κ1) is 19.9. The zero-order valence-corrected chi connectivity index (χ0v) is 17.2. The van der Waals surface area contributed by atoms with Crippen LogP contribution in [0.1, 0.15) is 52.0 Å². The number of benzene rings is 2. The molecule has 2 heterocycles. The van der Waals surface area contributed by atoms with Crippen LogP contribution in [0.25, 0.3) is 6.08 Å². The lowest BCUT2D eigenvalue weighted by molar-refractivity contribution is 0.0650. The molecule has 0 aliphatic carbocycles. The number of amides is 2. The molecule has 2 aliphatic heterocycles. The number of hydrogen-bond acceptors (Lipinski definition) is 3. The number of piperidine rings is 1. The highest BCUT2D eigenvalue weighted by Crippen LogP contribution is 2.25. The smallest absolute Gasteiger partial charge is 0.261 e. The summed E-state index contributed by atoms with van der Waals surface area (Å²) in [5.41, 5.74) is 3.61. The topological polar surface area (TPSA) is 40.6 Å². The van der Waals surface area contributed by atoms with Gasteiger partial charge in [0.2, 0.25) is 0 Å². The Labute approximate surface area is 176 Å². The molecule has 0 atom stereocenters. The van der Waals surface area contributed by atoms with Crippen LogP contribution in [-0.4, -0.2) is 47.8 Å². The molecule has 2 aromatic carbocycles. The van der Waals surface area contributed by atoms with Crippen molar-refractivity contribution in [1.82, 2.24) is 9.80 Å². The summed E-state index contributed by atoms with van der Waals surface area (Å²) >= 11 is 6.25. The van der Waals surface area contributed by atoms with Crippen molar-refractivity contribution in [1.29, 1.82) is 0 Å². The van der Waals surface area contributed by atoms with E-state index >= 15 is 0 Å². The van der Waals surface area contributed by atoms with Gasteiger partial charge in [0.25, 0.3) is 11.8 Å². The molecule has 0 spiro atoms. The average molecular weight is 409 g/mol. The normalized spacial score (nSPS) is 17.0. The van der Waals surface area contributed by atoms with E-state index < -0.39 is 0 Å². The van der Waals surface area contributed by atoms with E-state index in [9.17, 15) is 9.59 Å². The molecule has 4 rings (SSSR count). The van der Waals surface area contributed by atoms with Crippen molar-refractivity contribution in [2.75, 3.05) is 26.2 Å². The molecule has 0 bridgehead atoms. The Bertz CT molecular complexity index is 908. The number of hydrogen-bond donors (Lipinski definition) is 0. The molecular weight excluding hydrogens is 384 g/mol. The van der Waals surface area contributed by atoms with Crippen molar-refractivity contribution in [2.24, 2.45) is 0 Å². The van der Waals surface area contributed by atoms with Crippen molar-refractivity contribution in [3.8, 4) is 0 Å². The Balaban J connectivity index is 1.21. The van der Waals surface area contributed by atoms with Crippen molar-refractivity contribution in [3.63, 3.8) is 0 Å². The van der Waals surface area contributed by atoms with Gasteiger partial charge in [-0.25, -0.2) is 0 Å². The maximum Gasteiger partial charge on any atom is 0.261 e. The van der Waals surface area contributed by atoms with Gasteiger partial charge in [-0.1, -0.05) is 53.6 Å². The van der Waals surface area contributed by atoms with Crippen LogP contribution in [0, 0.1) is 0 Å². The van der Waals surface area contributed by atoms with Crippen molar-refractivity contribution in [3.05, 3.63) is 75.8 Å². The molecule has 0 aromatic heterocycles. The van der Waals surface area contributed by atoms with Gasteiger partial charge in [0.1, 0.15) is 0 Å². The molecule has 2 aliphatic rings. The van der Waals surface area contributed by atoms with E-state index in [0.717, 1.165) is 55.9 Å². The van der Waals surface area contributed by atoms with E-state index in [1.54, 1.807) is 24.3 Å². The summed E-state index contributed by atoms with van der Waals surface area (Å²) in [4.78, 5) is 28.6. The van der Waals surface area contributed by atoms with Crippen molar-refractivity contribution in [2.45, 2.75) is 25.7 Å². The molecule has 0 saturated carbocycles. The number of imide groups is 1. The maximum absolute atomic E-state index is 12.4. The fourth-order valence-corrected chi connectivity index (χ4v) is 4.26. The second kappa shape index (κ2) is 8.93. The Morgan fingerprint density at radius 2 is 1.41 bits per heavy atom. The van der Waals surface area contributed by atoms with Crippen LogP contribution in [0.5, 0.6) is 0 Å². The Kier molecular flexibility index (Phi) is 6.12. The Hall–Kier alpha value is -2.43. The lowest BCUT2D eigenvalue weighted by Gasteiger charge is -2.28. The highest BCUT2D eigenvalue weighted by Gasteiger charge is 2.34. The molecule has 1 saturated heterocycles. The van der Waals surface area contributed by atoms with Gasteiger partial charge in [0, 0.05) is 24.7 Å². The number of unbranched alkanes of at least 4 members (excludes halogenated alkanes) is 1. The lowest BCUT2D eigenvalue weighted by Crippen LogP contribution is -2.33. The molecule has 1 fully saturated rings. The highest BCUT2D eigenvalue weighted by molar-refractivity contribution is 6.32. The number of halogens is 1. The largest absolute Gasteiger partial charge is 0.303 e. The molecule has 29 heavy (non-hydrogen) atoms. The van der Waals surface area contributed by atoms with Crippen LogP contribution in [0.4, 0.5) is 0 Å². The maximum atomic E-state index is 12.4. The number of carbonyl (C=O) groups is 2. The van der Waals surface area contributed by atoms with Crippen LogP contribution >= 0.6 is 11.6 Å². The molecule has 0 radical (unpaired) electrons. The summed E-state index contributed by atoms with van der Waals surface area (Å²) in [6, 6.07) is 15.0. The fourth-order valence-electron chi connectivity index (χ4n) is 4.07. The van der Waals surface area contributed by atoms with Gasteiger partial charge in [-0.05, 0) is 56.0 Å². The quantitative estimate of drug-likeness (QED) is 0.504. The first-order chi connectivity index (χ1) is 14.1. The van der Waals surface area contributed by atoms with Crippen LogP contribution < -0.4 is 0 Å². The second-order valence-electron chi connectivity index (χ2n) is 7.68. The number of likely N-dealkylation sites (tertiary alicyclic amines) is 1. The number of rotatable bonds is 6. The summed E-state index contributed by atoms with van der Waals surface area (Å²) in [5.74, 6) is -0.309. The van der Waals surface area contributed by atoms with Crippen molar-refractivity contribution >= 4 is 29.5 Å². The first-order valence-electron chi connectivity index (χ1n) is 10.2. The van der Waals surface area contributed by atoms with Crippen LogP contribution in [0.2, 0.25) is 5.02 Å². The van der Waals surface area contributed by atoms with Gasteiger partial charge in [0.15, 0.2) is 0 Å². The van der Waals surface area contributed by atoms with E-state index in [1.165, 1.54) is 10.5 Å². The molecule has 0 N–H and O–H groups in total. The zero-order valence-electron chi connectivity index (χ0n) is 16.4. The molecule has 150 valence electrons. The number of nitrogens with zero attached hydrogens (tertiary/aromatic N) is 2. The Morgan fingerprint density at radius 1 is 0.828 bits per heavy atom. The molecule has 4 nitrogen and oxygen atoms in total. The minimum absolute atomic E-state index is 0.155. The molecule has 5 heteroatoms. The summed E-state index contributed by atoms with van der Waals surface area (Å²) in [6.07, 6.45) is 6.16. The van der Waals surface area contributed by atoms with E-state index in [2.05, 4.69) is 17.0 Å². The van der Waals surface area contributed by atoms with E-state index in [-0.39, 0.29) is 11.8 Å². The summed E-state index contributed by atoms with van der Waals surface area (Å²) in [7, 11) is 0. The molecule has 2 aromatic rings. The fraction of sp³-hybridized carbons (Fsp3) is 0.333. The SMILES string of the molecule is O=C1c2ccccc2C(=O)N1CCCCN1CCC(=Cc2ccccc2Cl)CC1. The van der Waals surface area contributed by atoms with Gasteiger partial charge in [0.05, 0.1) is 11.1 Å². The van der Waals surface area contributed by atoms with Gasteiger partial charge in [-0.2, -0.15) is 0 Å². The minimum atomic E-state index is -0.155. The predicted octanol–water partition coefficient (Wildman–Crippen LogP) is 4.90. The summed E-state index contributed by atoms with van der Waals surface area (Å²) in [5, 5.41) is 0.801. The van der Waals surface area contributed by atoms with E-state index in [0.29, 0.717) is 17.7 Å². The Morgan fingerprint density at radius 3 is 2.07 bits per heavy atom.